The molecule has 1 aliphatic carbocycles. The number of aryl methyl sites for hydroxylation is 1. The molecule has 1 fully saturated rings. The Morgan fingerprint density at radius 3 is 2.55 bits per heavy atom. The lowest BCUT2D eigenvalue weighted by Gasteiger charge is -2.26. The molecule has 2 heterocycles. The van der Waals surface area contributed by atoms with Gasteiger partial charge in [-0.1, -0.05) is 23.2 Å². The van der Waals surface area contributed by atoms with Crippen molar-refractivity contribution in [2.24, 2.45) is 5.92 Å². The third-order valence-corrected chi connectivity index (χ3v) is 5.01. The second-order valence-corrected chi connectivity index (χ2v) is 6.60. The summed E-state index contributed by atoms with van der Waals surface area (Å²) in [6.45, 7) is 6.00. The Morgan fingerprint density at radius 1 is 1.35 bits per heavy atom. The van der Waals surface area contributed by atoms with Gasteiger partial charge in [0.15, 0.2) is 0 Å². The van der Waals surface area contributed by atoms with Crippen molar-refractivity contribution in [3.8, 4) is 0 Å². The maximum atomic E-state index is 12.4. The van der Waals surface area contributed by atoms with Crippen molar-refractivity contribution < 1.29 is 4.79 Å². The Bertz CT molecular complexity index is 626. The Morgan fingerprint density at radius 2 is 2.00 bits per heavy atom. The first-order valence-corrected chi connectivity index (χ1v) is 7.47. The fourth-order valence-electron chi connectivity index (χ4n) is 3.09. The number of hydrogen-bond donors (Lipinski definition) is 1. The molecule has 1 amide bonds. The number of rotatable bonds is 2. The van der Waals surface area contributed by atoms with E-state index in [1.165, 1.54) is 0 Å². The quantitative estimate of drug-likeness (QED) is 0.845. The van der Waals surface area contributed by atoms with Gasteiger partial charge in [0.05, 0.1) is 11.1 Å². The lowest BCUT2D eigenvalue weighted by atomic mass is 9.86. The molecule has 106 valence electrons. The van der Waals surface area contributed by atoms with Crippen molar-refractivity contribution in [3.05, 3.63) is 33.1 Å². The van der Waals surface area contributed by atoms with Gasteiger partial charge >= 0.3 is 0 Å². The van der Waals surface area contributed by atoms with E-state index in [1.807, 2.05) is 13.8 Å². The van der Waals surface area contributed by atoms with Crippen molar-refractivity contribution in [2.75, 3.05) is 0 Å². The van der Waals surface area contributed by atoms with Gasteiger partial charge in [0.25, 0.3) is 5.91 Å². The minimum atomic E-state index is -0.248. The van der Waals surface area contributed by atoms with E-state index >= 15 is 0 Å². The largest absolute Gasteiger partial charge is 0.343 e. The molecule has 1 N–H and O–H groups in total. The molecule has 1 saturated carbocycles. The van der Waals surface area contributed by atoms with Crippen LogP contribution in [-0.4, -0.2) is 16.4 Å². The molecule has 2 aliphatic rings. The molecule has 1 atom stereocenters. The minimum Gasteiger partial charge on any atom is -0.343 e. The van der Waals surface area contributed by atoms with Crippen LogP contribution in [-0.2, 0) is 4.79 Å². The maximum Gasteiger partial charge on any atom is 0.252 e. The lowest BCUT2D eigenvalue weighted by molar-refractivity contribution is -0.116. The zero-order valence-electron chi connectivity index (χ0n) is 11.7. The van der Waals surface area contributed by atoms with Gasteiger partial charge in [0, 0.05) is 5.56 Å². The number of amides is 1. The van der Waals surface area contributed by atoms with Gasteiger partial charge < -0.3 is 5.32 Å². The normalized spacial score (nSPS) is 26.1. The second-order valence-electron chi connectivity index (χ2n) is 5.86. The number of hydrogen-bond acceptors (Lipinski definition) is 2. The average Bonchev–Trinajstić information content (AvgIpc) is 3.13. The van der Waals surface area contributed by atoms with E-state index in [1.54, 1.807) is 6.07 Å². The van der Waals surface area contributed by atoms with Gasteiger partial charge in [0.2, 0.25) is 0 Å². The van der Waals surface area contributed by atoms with E-state index in [9.17, 15) is 4.79 Å². The summed E-state index contributed by atoms with van der Waals surface area (Å²) in [4.78, 5) is 16.5. The molecule has 0 spiro atoms. The predicted octanol–water partition coefficient (Wildman–Crippen LogP) is 3.77. The van der Waals surface area contributed by atoms with E-state index in [0.29, 0.717) is 27.4 Å². The fraction of sp³-hybridized carbons (Fsp3) is 0.467. The van der Waals surface area contributed by atoms with Crippen LogP contribution in [0.25, 0.3) is 5.57 Å². The highest BCUT2D eigenvalue weighted by molar-refractivity contribution is 6.36. The molecule has 1 unspecified atom stereocenters. The summed E-state index contributed by atoms with van der Waals surface area (Å²) in [5, 5.41) is 3.76. The zero-order chi connectivity index (χ0) is 14.7. The van der Waals surface area contributed by atoms with E-state index in [2.05, 4.69) is 17.2 Å². The van der Waals surface area contributed by atoms with Gasteiger partial charge in [0.1, 0.15) is 10.3 Å². The first kappa shape index (κ1) is 13.9. The van der Waals surface area contributed by atoms with Crippen molar-refractivity contribution in [2.45, 2.75) is 39.2 Å². The number of nitrogens with zero attached hydrogens (tertiary/aromatic N) is 1. The Balaban J connectivity index is 2.18. The Labute approximate surface area is 128 Å². The van der Waals surface area contributed by atoms with Crippen LogP contribution < -0.4 is 5.32 Å². The minimum absolute atomic E-state index is 0.0639. The molecule has 3 rings (SSSR count). The van der Waals surface area contributed by atoms with Crippen LogP contribution >= 0.6 is 23.2 Å². The van der Waals surface area contributed by atoms with Crippen LogP contribution in [0.4, 0.5) is 0 Å². The second kappa shape index (κ2) is 4.47. The predicted molar refractivity (Wildman–Crippen MR) is 80.9 cm³/mol. The SMILES string of the molecule is CC1=C(c2c(C)cc(Cl)nc2Cl)C(=O)NC1(C)C1CC1. The summed E-state index contributed by atoms with van der Waals surface area (Å²) in [7, 11) is 0. The molecule has 1 aliphatic heterocycles. The molecule has 0 radical (unpaired) electrons. The number of carbonyl (C=O) groups excluding carboxylic acids is 1. The van der Waals surface area contributed by atoms with Crippen LogP contribution in [0.3, 0.4) is 0 Å². The highest BCUT2D eigenvalue weighted by Crippen LogP contribution is 2.49. The molecule has 20 heavy (non-hydrogen) atoms. The molecular formula is C15H16Cl2N2O. The highest BCUT2D eigenvalue weighted by atomic mass is 35.5. The standard InChI is InChI=1S/C15H16Cl2N2O/c1-7-6-10(16)18-13(17)11(7)12-8(2)15(3,9-4-5-9)19-14(12)20/h6,9H,4-5H2,1-3H3,(H,19,20). The summed E-state index contributed by atoms with van der Waals surface area (Å²) >= 11 is 12.1. The third kappa shape index (κ3) is 1.95. The first-order chi connectivity index (χ1) is 9.34. The molecule has 5 heteroatoms. The van der Waals surface area contributed by atoms with Crippen molar-refractivity contribution in [1.82, 2.24) is 10.3 Å². The van der Waals surface area contributed by atoms with Crippen LogP contribution in [0.5, 0.6) is 0 Å². The van der Waals surface area contributed by atoms with Gasteiger partial charge in [-0.05, 0) is 56.7 Å². The molecule has 0 saturated heterocycles. The summed E-state index contributed by atoms with van der Waals surface area (Å²) in [5.41, 5.74) is 3.04. The number of pyridine rings is 1. The van der Waals surface area contributed by atoms with Gasteiger partial charge in [-0.3, -0.25) is 4.79 Å². The van der Waals surface area contributed by atoms with E-state index < -0.39 is 0 Å². The van der Waals surface area contributed by atoms with Gasteiger partial charge in [-0.2, -0.15) is 0 Å². The summed E-state index contributed by atoms with van der Waals surface area (Å²) in [6.07, 6.45) is 2.32. The van der Waals surface area contributed by atoms with Crippen LogP contribution in [0, 0.1) is 12.8 Å². The van der Waals surface area contributed by atoms with E-state index in [0.717, 1.165) is 24.0 Å². The molecule has 0 aromatic carbocycles. The van der Waals surface area contributed by atoms with Crippen LogP contribution in [0.2, 0.25) is 10.3 Å². The molecule has 0 bridgehead atoms. The van der Waals surface area contributed by atoms with Crippen LogP contribution in [0.1, 0.15) is 37.8 Å². The Hall–Kier alpha value is -1.06. The van der Waals surface area contributed by atoms with E-state index in [4.69, 9.17) is 23.2 Å². The van der Waals surface area contributed by atoms with Crippen molar-refractivity contribution in [3.63, 3.8) is 0 Å². The summed E-state index contributed by atoms with van der Waals surface area (Å²) in [6, 6.07) is 1.74. The third-order valence-electron chi connectivity index (χ3n) is 4.54. The monoisotopic (exact) mass is 310 g/mol. The number of aromatic nitrogens is 1. The number of halogens is 2. The number of carbonyl (C=O) groups is 1. The van der Waals surface area contributed by atoms with Crippen molar-refractivity contribution in [1.29, 1.82) is 0 Å². The molecule has 1 aromatic heterocycles. The zero-order valence-corrected chi connectivity index (χ0v) is 13.2. The smallest absolute Gasteiger partial charge is 0.252 e. The van der Waals surface area contributed by atoms with Crippen LogP contribution in [0.15, 0.2) is 11.6 Å². The Kier molecular flexibility index (Phi) is 3.11. The fourth-order valence-corrected chi connectivity index (χ4v) is 3.71. The maximum absolute atomic E-state index is 12.4. The first-order valence-electron chi connectivity index (χ1n) is 6.71. The molecule has 3 nitrogen and oxygen atoms in total. The lowest BCUT2D eigenvalue weighted by Crippen LogP contribution is -2.43. The summed E-state index contributed by atoms with van der Waals surface area (Å²) in [5.74, 6) is 0.467. The molecular weight excluding hydrogens is 295 g/mol. The highest BCUT2D eigenvalue weighted by Gasteiger charge is 2.49. The molecule has 1 aromatic rings. The topological polar surface area (TPSA) is 42.0 Å². The summed E-state index contributed by atoms with van der Waals surface area (Å²) < 4.78 is 0. The average molecular weight is 311 g/mol. The number of nitrogens with one attached hydrogen (secondary N) is 1. The van der Waals surface area contributed by atoms with Gasteiger partial charge in [-0.15, -0.1) is 0 Å². The van der Waals surface area contributed by atoms with Crippen molar-refractivity contribution >= 4 is 34.7 Å². The van der Waals surface area contributed by atoms with Gasteiger partial charge in [-0.25, -0.2) is 4.98 Å². The van der Waals surface area contributed by atoms with E-state index in [-0.39, 0.29) is 11.4 Å².